The minimum absolute atomic E-state index is 0.256. The van der Waals surface area contributed by atoms with Crippen molar-refractivity contribution in [1.82, 2.24) is 15.6 Å². The third-order valence-electron chi connectivity index (χ3n) is 3.62. The van der Waals surface area contributed by atoms with E-state index in [1.165, 1.54) is 6.21 Å². The van der Waals surface area contributed by atoms with Crippen molar-refractivity contribution in [2.24, 2.45) is 5.10 Å². The van der Waals surface area contributed by atoms with E-state index < -0.39 is 5.91 Å². The fourth-order valence-corrected chi connectivity index (χ4v) is 2.87. The third kappa shape index (κ3) is 4.67. The molecule has 1 amide bonds. The second-order valence-corrected chi connectivity index (χ2v) is 6.30. The van der Waals surface area contributed by atoms with E-state index in [1.807, 2.05) is 31.2 Å². The highest BCUT2D eigenvalue weighted by Crippen LogP contribution is 2.29. The lowest BCUT2D eigenvalue weighted by molar-refractivity contribution is 0.0950. The van der Waals surface area contributed by atoms with Gasteiger partial charge in [0.25, 0.3) is 5.91 Å². The summed E-state index contributed by atoms with van der Waals surface area (Å²) in [5, 5.41) is 11.7. The van der Waals surface area contributed by atoms with Crippen molar-refractivity contribution in [3.8, 4) is 17.0 Å². The Balaban J connectivity index is 1.70. The third-order valence-corrected chi connectivity index (χ3v) is 4.17. The summed E-state index contributed by atoms with van der Waals surface area (Å²) in [7, 11) is 0. The molecule has 0 unspecified atom stereocenters. The molecule has 1 aromatic heterocycles. The topological polar surface area (TPSA) is 79.4 Å². The summed E-state index contributed by atoms with van der Waals surface area (Å²) in [5.74, 6) is 0.267. The highest BCUT2D eigenvalue weighted by Gasteiger charge is 2.13. The Labute approximate surface area is 166 Å². The summed E-state index contributed by atoms with van der Waals surface area (Å²) in [5.41, 5.74) is 4.68. The number of H-pyrrole nitrogens is 1. The Morgan fingerprint density at radius 1 is 1.26 bits per heavy atom. The van der Waals surface area contributed by atoms with Crippen LogP contribution < -0.4 is 10.2 Å². The molecule has 27 heavy (non-hydrogen) atoms. The number of benzene rings is 2. The van der Waals surface area contributed by atoms with Crippen LogP contribution in [0.4, 0.5) is 0 Å². The van der Waals surface area contributed by atoms with Crippen LogP contribution in [0, 0.1) is 0 Å². The Morgan fingerprint density at radius 3 is 2.85 bits per heavy atom. The van der Waals surface area contributed by atoms with Crippen molar-refractivity contribution >= 4 is 35.3 Å². The van der Waals surface area contributed by atoms with Crippen LogP contribution in [-0.4, -0.2) is 28.9 Å². The van der Waals surface area contributed by atoms with E-state index >= 15 is 0 Å². The van der Waals surface area contributed by atoms with Gasteiger partial charge in [-0.15, -0.1) is 0 Å². The number of nitrogens with zero attached hydrogens (tertiary/aromatic N) is 2. The van der Waals surface area contributed by atoms with Gasteiger partial charge in [-0.2, -0.15) is 10.2 Å². The molecule has 0 aliphatic carbocycles. The fourth-order valence-electron chi connectivity index (χ4n) is 2.37. The quantitative estimate of drug-likeness (QED) is 0.468. The van der Waals surface area contributed by atoms with E-state index in [9.17, 15) is 4.79 Å². The maximum atomic E-state index is 12.2. The number of halogens is 2. The molecular weight excluding hydrogens is 387 g/mol. The Hall–Kier alpha value is -2.83. The number of aromatic amines is 1. The maximum absolute atomic E-state index is 12.2. The van der Waals surface area contributed by atoms with E-state index in [-0.39, 0.29) is 5.69 Å². The molecule has 2 N–H and O–H groups in total. The summed E-state index contributed by atoms with van der Waals surface area (Å²) >= 11 is 12.1. The predicted octanol–water partition coefficient (Wildman–Crippen LogP) is 4.55. The summed E-state index contributed by atoms with van der Waals surface area (Å²) in [4.78, 5) is 12.2. The monoisotopic (exact) mass is 402 g/mol. The average molecular weight is 403 g/mol. The van der Waals surface area contributed by atoms with Gasteiger partial charge in [-0.3, -0.25) is 9.89 Å². The highest BCUT2D eigenvalue weighted by molar-refractivity contribution is 6.36. The summed E-state index contributed by atoms with van der Waals surface area (Å²) in [6, 6.07) is 14.1. The predicted molar refractivity (Wildman–Crippen MR) is 107 cm³/mol. The second kappa shape index (κ2) is 8.70. The molecule has 0 fully saturated rings. The van der Waals surface area contributed by atoms with E-state index in [2.05, 4.69) is 20.7 Å². The number of para-hydroxylation sites is 1. The first kappa shape index (κ1) is 18.9. The van der Waals surface area contributed by atoms with Gasteiger partial charge in [0, 0.05) is 16.1 Å². The molecule has 2 aromatic carbocycles. The van der Waals surface area contributed by atoms with Crippen LogP contribution in [0.25, 0.3) is 11.3 Å². The summed E-state index contributed by atoms with van der Waals surface area (Å²) in [6.07, 6.45) is 1.52. The first-order chi connectivity index (χ1) is 13.1. The molecule has 0 radical (unpaired) electrons. The molecule has 0 spiro atoms. The molecule has 0 atom stereocenters. The molecule has 3 aromatic rings. The van der Waals surface area contributed by atoms with E-state index in [0.29, 0.717) is 33.7 Å². The first-order valence-electron chi connectivity index (χ1n) is 8.14. The minimum Gasteiger partial charge on any atom is -0.493 e. The molecule has 6 nitrogen and oxygen atoms in total. The number of amides is 1. The SMILES string of the molecule is CCOc1ccccc1/C=N/NC(=O)c1cc(-c2ccc(Cl)cc2Cl)n[nH]1. The van der Waals surface area contributed by atoms with Gasteiger partial charge in [0.1, 0.15) is 11.4 Å². The molecule has 3 rings (SSSR count). The zero-order valence-electron chi connectivity index (χ0n) is 14.4. The van der Waals surface area contributed by atoms with Crippen LogP contribution in [0.5, 0.6) is 5.75 Å². The first-order valence-corrected chi connectivity index (χ1v) is 8.90. The van der Waals surface area contributed by atoms with Crippen LogP contribution in [0.15, 0.2) is 53.6 Å². The number of nitrogens with one attached hydrogen (secondary N) is 2. The van der Waals surface area contributed by atoms with Gasteiger partial charge in [0.05, 0.1) is 23.5 Å². The van der Waals surface area contributed by atoms with Gasteiger partial charge >= 0.3 is 0 Å². The molecule has 1 heterocycles. The number of aromatic nitrogens is 2. The molecule has 138 valence electrons. The van der Waals surface area contributed by atoms with Crippen molar-refractivity contribution in [1.29, 1.82) is 0 Å². The van der Waals surface area contributed by atoms with E-state index in [0.717, 1.165) is 5.56 Å². The van der Waals surface area contributed by atoms with Crippen molar-refractivity contribution < 1.29 is 9.53 Å². The zero-order chi connectivity index (χ0) is 19.2. The average Bonchev–Trinajstić information content (AvgIpc) is 3.13. The van der Waals surface area contributed by atoms with Crippen LogP contribution >= 0.6 is 23.2 Å². The lowest BCUT2D eigenvalue weighted by Crippen LogP contribution is -2.18. The van der Waals surface area contributed by atoms with Crippen LogP contribution in [0.1, 0.15) is 23.0 Å². The molecule has 0 bridgehead atoms. The van der Waals surface area contributed by atoms with E-state index in [1.54, 1.807) is 24.3 Å². The highest BCUT2D eigenvalue weighted by atomic mass is 35.5. The molecular formula is C19H16Cl2N4O2. The summed E-state index contributed by atoms with van der Waals surface area (Å²) < 4.78 is 5.51. The van der Waals surface area contributed by atoms with Gasteiger partial charge in [-0.25, -0.2) is 5.43 Å². The van der Waals surface area contributed by atoms with Crippen molar-refractivity contribution in [2.45, 2.75) is 6.92 Å². The van der Waals surface area contributed by atoms with Crippen LogP contribution in [0.2, 0.25) is 10.0 Å². The normalized spacial score (nSPS) is 10.9. The minimum atomic E-state index is -0.427. The van der Waals surface area contributed by atoms with Gasteiger partial charge in [-0.1, -0.05) is 35.3 Å². The number of carbonyl (C=O) groups excluding carboxylic acids is 1. The molecule has 0 aliphatic heterocycles. The fraction of sp³-hybridized carbons (Fsp3) is 0.105. The lowest BCUT2D eigenvalue weighted by atomic mass is 10.1. The summed E-state index contributed by atoms with van der Waals surface area (Å²) in [6.45, 7) is 2.44. The van der Waals surface area contributed by atoms with E-state index in [4.69, 9.17) is 27.9 Å². The number of rotatable bonds is 6. The van der Waals surface area contributed by atoms with Crippen molar-refractivity contribution in [2.75, 3.05) is 6.61 Å². The smallest absolute Gasteiger partial charge is 0.289 e. The molecule has 0 saturated carbocycles. The molecule has 8 heteroatoms. The Kier molecular flexibility index (Phi) is 6.11. The Morgan fingerprint density at radius 2 is 2.07 bits per heavy atom. The lowest BCUT2D eigenvalue weighted by Gasteiger charge is -2.05. The largest absolute Gasteiger partial charge is 0.493 e. The van der Waals surface area contributed by atoms with Crippen LogP contribution in [0.3, 0.4) is 0 Å². The number of hydrazone groups is 1. The van der Waals surface area contributed by atoms with Crippen LogP contribution in [-0.2, 0) is 0 Å². The number of carbonyl (C=O) groups is 1. The van der Waals surface area contributed by atoms with Gasteiger partial charge in [-0.05, 0) is 43.3 Å². The molecule has 0 saturated heterocycles. The number of hydrogen-bond donors (Lipinski definition) is 2. The van der Waals surface area contributed by atoms with Gasteiger partial charge in [0.2, 0.25) is 0 Å². The van der Waals surface area contributed by atoms with Gasteiger partial charge in [0.15, 0.2) is 0 Å². The Bertz CT molecular complexity index is 985. The maximum Gasteiger partial charge on any atom is 0.289 e. The standard InChI is InChI=1S/C19H16Cl2N4O2/c1-2-27-18-6-4-3-5-12(18)11-22-25-19(26)17-10-16(23-24-17)14-8-7-13(20)9-15(14)21/h3-11H,2H2,1H3,(H,23,24)(H,25,26)/b22-11+. The zero-order valence-corrected chi connectivity index (χ0v) is 15.9. The molecule has 0 aliphatic rings. The second-order valence-electron chi connectivity index (χ2n) is 5.46. The van der Waals surface area contributed by atoms with Gasteiger partial charge < -0.3 is 4.74 Å². The number of hydrogen-bond acceptors (Lipinski definition) is 4. The van der Waals surface area contributed by atoms with Crippen molar-refractivity contribution in [3.05, 3.63) is 69.8 Å². The number of ether oxygens (including phenoxy) is 1. The van der Waals surface area contributed by atoms with Crippen molar-refractivity contribution in [3.63, 3.8) is 0 Å².